The first-order chi connectivity index (χ1) is 9.46. The highest BCUT2D eigenvalue weighted by atomic mass is 19.4. The van der Waals surface area contributed by atoms with E-state index < -0.39 is 12.7 Å². The normalized spacial score (nSPS) is 18.6. The van der Waals surface area contributed by atoms with Crippen LogP contribution in [0.4, 0.5) is 13.2 Å². The van der Waals surface area contributed by atoms with Gasteiger partial charge in [-0.2, -0.15) is 13.2 Å². The second-order valence-corrected chi connectivity index (χ2v) is 4.91. The van der Waals surface area contributed by atoms with E-state index in [1.54, 1.807) is 10.9 Å². The smallest absolute Gasteiger partial charge is 0.325 e. The first-order valence-corrected chi connectivity index (χ1v) is 6.57. The fourth-order valence-electron chi connectivity index (χ4n) is 2.21. The summed E-state index contributed by atoms with van der Waals surface area (Å²) in [5, 5.41) is 7.82. The van der Waals surface area contributed by atoms with Crippen LogP contribution in [0.3, 0.4) is 0 Å². The fourth-order valence-corrected chi connectivity index (χ4v) is 2.21. The molecule has 0 unspecified atom stereocenters. The van der Waals surface area contributed by atoms with Crippen LogP contribution in [0, 0.1) is 0 Å². The van der Waals surface area contributed by atoms with Crippen LogP contribution in [0.2, 0.25) is 0 Å². The number of piperazine rings is 1. The van der Waals surface area contributed by atoms with E-state index in [0.717, 1.165) is 12.2 Å². The zero-order chi connectivity index (χ0) is 14.6. The van der Waals surface area contributed by atoms with Gasteiger partial charge in [0, 0.05) is 45.5 Å². The Bertz CT molecular complexity index is 411. The lowest BCUT2D eigenvalue weighted by molar-refractivity contribution is -0.149. The highest BCUT2D eigenvalue weighted by Crippen LogP contribution is 2.17. The van der Waals surface area contributed by atoms with Gasteiger partial charge in [-0.1, -0.05) is 5.21 Å². The Morgan fingerprint density at radius 2 is 1.75 bits per heavy atom. The Kier molecular flexibility index (Phi) is 4.95. The molecule has 0 aliphatic carbocycles. The molecule has 0 radical (unpaired) electrons. The van der Waals surface area contributed by atoms with E-state index in [4.69, 9.17) is 5.73 Å². The summed E-state index contributed by atoms with van der Waals surface area (Å²) < 4.78 is 38.5. The van der Waals surface area contributed by atoms with Gasteiger partial charge in [0.1, 0.15) is 0 Å². The maximum atomic E-state index is 12.3. The summed E-state index contributed by atoms with van der Waals surface area (Å²) in [5.74, 6) is 0. The van der Waals surface area contributed by atoms with Crippen LogP contribution in [0.5, 0.6) is 0 Å². The first-order valence-electron chi connectivity index (χ1n) is 6.57. The minimum atomic E-state index is -4.11. The molecule has 0 saturated carbocycles. The van der Waals surface area contributed by atoms with Crippen molar-refractivity contribution in [3.05, 3.63) is 11.9 Å². The summed E-state index contributed by atoms with van der Waals surface area (Å²) in [5.41, 5.74) is 6.18. The lowest BCUT2D eigenvalue weighted by Crippen LogP contribution is -2.49. The van der Waals surface area contributed by atoms with Crippen molar-refractivity contribution in [3.63, 3.8) is 0 Å². The standard InChI is InChI=1S/C11H19F3N6/c12-11(13,14)9-19-3-1-18(2-4-19)5-6-20-8-10(7-15)16-17-20/h8H,1-7,9,15H2. The van der Waals surface area contributed by atoms with Gasteiger partial charge in [0.05, 0.1) is 18.8 Å². The second-order valence-electron chi connectivity index (χ2n) is 4.91. The van der Waals surface area contributed by atoms with Crippen molar-refractivity contribution in [2.75, 3.05) is 39.3 Å². The zero-order valence-electron chi connectivity index (χ0n) is 11.2. The van der Waals surface area contributed by atoms with E-state index in [1.165, 1.54) is 4.90 Å². The van der Waals surface area contributed by atoms with E-state index in [1.807, 2.05) is 0 Å². The second kappa shape index (κ2) is 6.51. The number of nitrogens with zero attached hydrogens (tertiary/aromatic N) is 5. The molecule has 114 valence electrons. The summed E-state index contributed by atoms with van der Waals surface area (Å²) in [6.45, 7) is 3.16. The van der Waals surface area contributed by atoms with Crippen molar-refractivity contribution < 1.29 is 13.2 Å². The molecule has 2 rings (SSSR count). The summed E-state index contributed by atoms with van der Waals surface area (Å²) in [4.78, 5) is 3.58. The quantitative estimate of drug-likeness (QED) is 0.822. The molecule has 2 N–H and O–H groups in total. The lowest BCUT2D eigenvalue weighted by Gasteiger charge is -2.34. The molecule has 0 atom stereocenters. The maximum Gasteiger partial charge on any atom is 0.401 e. The SMILES string of the molecule is NCc1cn(CCN2CCN(CC(F)(F)F)CC2)nn1. The van der Waals surface area contributed by atoms with Gasteiger partial charge in [-0.25, -0.2) is 0 Å². The topological polar surface area (TPSA) is 63.2 Å². The predicted molar refractivity (Wildman–Crippen MR) is 66.8 cm³/mol. The molecule has 1 fully saturated rings. The van der Waals surface area contributed by atoms with E-state index in [2.05, 4.69) is 15.2 Å². The van der Waals surface area contributed by atoms with Crippen LogP contribution in [0.1, 0.15) is 5.69 Å². The molecule has 6 nitrogen and oxygen atoms in total. The van der Waals surface area contributed by atoms with Crippen LogP contribution < -0.4 is 5.73 Å². The van der Waals surface area contributed by atoms with Gasteiger partial charge in [0.15, 0.2) is 0 Å². The van der Waals surface area contributed by atoms with Gasteiger partial charge in [0.2, 0.25) is 0 Å². The number of aromatic nitrogens is 3. The summed E-state index contributed by atoms with van der Waals surface area (Å²) in [6, 6.07) is 0. The molecule has 9 heteroatoms. The number of halogens is 3. The van der Waals surface area contributed by atoms with Crippen molar-refractivity contribution in [2.24, 2.45) is 5.73 Å². The van der Waals surface area contributed by atoms with Gasteiger partial charge in [-0.05, 0) is 0 Å². The van der Waals surface area contributed by atoms with E-state index in [-0.39, 0.29) is 0 Å². The fraction of sp³-hybridized carbons (Fsp3) is 0.818. The average Bonchev–Trinajstić information content (AvgIpc) is 2.84. The van der Waals surface area contributed by atoms with Crippen molar-refractivity contribution in [1.82, 2.24) is 24.8 Å². The number of alkyl halides is 3. The Morgan fingerprint density at radius 1 is 1.10 bits per heavy atom. The number of hydrogen-bond donors (Lipinski definition) is 1. The highest BCUT2D eigenvalue weighted by molar-refractivity contribution is 4.90. The van der Waals surface area contributed by atoms with Gasteiger partial charge in [-0.15, -0.1) is 5.10 Å². The lowest BCUT2D eigenvalue weighted by atomic mass is 10.3. The third kappa shape index (κ3) is 4.73. The zero-order valence-corrected chi connectivity index (χ0v) is 11.2. The average molecular weight is 292 g/mol. The van der Waals surface area contributed by atoms with Gasteiger partial charge >= 0.3 is 6.18 Å². The molecule has 20 heavy (non-hydrogen) atoms. The van der Waals surface area contributed by atoms with Crippen molar-refractivity contribution in [1.29, 1.82) is 0 Å². The Balaban J connectivity index is 1.69. The Labute approximate surface area is 115 Å². The third-order valence-electron chi connectivity index (χ3n) is 3.31. The van der Waals surface area contributed by atoms with E-state index >= 15 is 0 Å². The third-order valence-corrected chi connectivity index (χ3v) is 3.31. The minimum Gasteiger partial charge on any atom is -0.325 e. The van der Waals surface area contributed by atoms with Crippen LogP contribution in [-0.4, -0.2) is 70.2 Å². The summed E-state index contributed by atoms with van der Waals surface area (Å²) >= 11 is 0. The van der Waals surface area contributed by atoms with E-state index in [9.17, 15) is 13.2 Å². The van der Waals surface area contributed by atoms with Crippen LogP contribution in [0.15, 0.2) is 6.20 Å². The number of nitrogens with two attached hydrogens (primary N) is 1. The Hall–Kier alpha value is -1.19. The molecule has 1 aliphatic rings. The van der Waals surface area contributed by atoms with Gasteiger partial charge in [0.25, 0.3) is 0 Å². The number of hydrogen-bond acceptors (Lipinski definition) is 5. The van der Waals surface area contributed by atoms with Crippen LogP contribution >= 0.6 is 0 Å². The molecule has 1 aromatic rings. The van der Waals surface area contributed by atoms with Gasteiger partial charge < -0.3 is 5.73 Å². The summed E-state index contributed by atoms with van der Waals surface area (Å²) in [7, 11) is 0. The Morgan fingerprint density at radius 3 is 2.30 bits per heavy atom. The van der Waals surface area contributed by atoms with Crippen molar-refractivity contribution >= 4 is 0 Å². The molecule has 0 aromatic carbocycles. The molecule has 1 saturated heterocycles. The van der Waals surface area contributed by atoms with E-state index in [0.29, 0.717) is 39.3 Å². The van der Waals surface area contributed by atoms with Crippen LogP contribution in [-0.2, 0) is 13.1 Å². The molecule has 1 aromatic heterocycles. The molecule has 0 spiro atoms. The molecule has 2 heterocycles. The molecule has 0 amide bonds. The van der Waals surface area contributed by atoms with Gasteiger partial charge in [-0.3, -0.25) is 14.5 Å². The highest BCUT2D eigenvalue weighted by Gasteiger charge is 2.31. The van der Waals surface area contributed by atoms with Crippen molar-refractivity contribution in [2.45, 2.75) is 19.3 Å². The molecule has 0 bridgehead atoms. The molecule has 1 aliphatic heterocycles. The molecular formula is C11H19F3N6. The predicted octanol–water partition coefficient (Wildman–Crippen LogP) is -0.0833. The van der Waals surface area contributed by atoms with Crippen molar-refractivity contribution in [3.8, 4) is 0 Å². The first kappa shape index (κ1) is 15.2. The summed E-state index contributed by atoms with van der Waals surface area (Å²) in [6.07, 6.45) is -2.32. The van der Waals surface area contributed by atoms with Crippen LogP contribution in [0.25, 0.3) is 0 Å². The minimum absolute atomic E-state index is 0.357. The monoisotopic (exact) mass is 292 g/mol. The molecular weight excluding hydrogens is 273 g/mol. The maximum absolute atomic E-state index is 12.3. The largest absolute Gasteiger partial charge is 0.401 e. The number of rotatable bonds is 5.